The molecule has 1 aromatic rings. The van der Waals surface area contributed by atoms with Crippen LogP contribution in [-0.4, -0.2) is 47.0 Å². The molecular weight excluding hydrogens is 244 g/mol. The van der Waals surface area contributed by atoms with Crippen LogP contribution in [0.4, 0.5) is 4.79 Å². The van der Waals surface area contributed by atoms with Crippen molar-refractivity contribution in [3.8, 4) is 0 Å². The van der Waals surface area contributed by atoms with Crippen molar-refractivity contribution in [2.45, 2.75) is 6.54 Å². The van der Waals surface area contributed by atoms with Gasteiger partial charge in [-0.15, -0.1) is 0 Å². The Kier molecular flexibility index (Phi) is 3.85. The van der Waals surface area contributed by atoms with E-state index in [1.165, 1.54) is 0 Å². The second-order valence-electron chi connectivity index (χ2n) is 4.54. The molecule has 1 aliphatic rings. The molecule has 0 spiro atoms. The normalized spacial score (nSPS) is 15.5. The molecule has 0 unspecified atom stereocenters. The van der Waals surface area contributed by atoms with Crippen molar-refractivity contribution < 1.29 is 14.7 Å². The molecule has 0 radical (unpaired) electrons. The van der Waals surface area contributed by atoms with Crippen LogP contribution in [0.3, 0.4) is 0 Å². The molecule has 2 amide bonds. The number of likely N-dealkylation sites (N-methyl/N-ethyl adjacent to an activating group) is 1. The van der Waals surface area contributed by atoms with Crippen LogP contribution in [0.15, 0.2) is 30.3 Å². The van der Waals surface area contributed by atoms with E-state index in [0.29, 0.717) is 6.54 Å². The smallest absolute Gasteiger partial charge is 0.328 e. The molecule has 0 saturated carbocycles. The highest BCUT2D eigenvalue weighted by Crippen LogP contribution is 2.14. The van der Waals surface area contributed by atoms with Crippen LogP contribution in [0.5, 0.6) is 0 Å². The van der Waals surface area contributed by atoms with Gasteiger partial charge in [0, 0.05) is 32.8 Å². The number of rotatable bonds is 4. The van der Waals surface area contributed by atoms with E-state index in [9.17, 15) is 9.59 Å². The first-order valence-electron chi connectivity index (χ1n) is 6.06. The molecule has 1 heterocycles. The van der Waals surface area contributed by atoms with Crippen molar-refractivity contribution in [2.24, 2.45) is 0 Å². The molecule has 5 nitrogen and oxygen atoms in total. The van der Waals surface area contributed by atoms with Crippen molar-refractivity contribution in [1.82, 2.24) is 9.80 Å². The third-order valence-corrected chi connectivity index (χ3v) is 3.05. The van der Waals surface area contributed by atoms with E-state index < -0.39 is 5.97 Å². The van der Waals surface area contributed by atoms with Gasteiger partial charge in [-0.05, 0) is 23.3 Å². The van der Waals surface area contributed by atoms with Crippen molar-refractivity contribution >= 4 is 18.1 Å². The quantitative estimate of drug-likeness (QED) is 0.837. The molecular formula is C14H16N2O3. The lowest BCUT2D eigenvalue weighted by Crippen LogP contribution is -2.28. The molecule has 1 aromatic carbocycles. The van der Waals surface area contributed by atoms with Crippen molar-refractivity contribution in [3.05, 3.63) is 41.5 Å². The van der Waals surface area contributed by atoms with Gasteiger partial charge in [-0.1, -0.05) is 18.2 Å². The van der Waals surface area contributed by atoms with Gasteiger partial charge in [0.2, 0.25) is 0 Å². The molecule has 5 heteroatoms. The summed E-state index contributed by atoms with van der Waals surface area (Å²) in [5.41, 5.74) is 1.82. The van der Waals surface area contributed by atoms with Crippen LogP contribution in [0.1, 0.15) is 11.1 Å². The number of nitrogens with zero attached hydrogens (tertiary/aromatic N) is 2. The van der Waals surface area contributed by atoms with E-state index in [-0.39, 0.29) is 6.03 Å². The number of carbonyl (C=O) groups is 2. The second kappa shape index (κ2) is 5.56. The Morgan fingerprint density at radius 3 is 2.84 bits per heavy atom. The maximum absolute atomic E-state index is 11.8. The monoisotopic (exact) mass is 260 g/mol. The lowest BCUT2D eigenvalue weighted by Gasteiger charge is -2.16. The first-order chi connectivity index (χ1) is 9.06. The Bertz CT molecular complexity index is 525. The van der Waals surface area contributed by atoms with Gasteiger partial charge in [0.05, 0.1) is 0 Å². The van der Waals surface area contributed by atoms with Crippen molar-refractivity contribution in [2.75, 3.05) is 20.1 Å². The van der Waals surface area contributed by atoms with Crippen molar-refractivity contribution in [3.63, 3.8) is 0 Å². The lowest BCUT2D eigenvalue weighted by atomic mass is 10.1. The maximum Gasteiger partial charge on any atom is 0.328 e. The van der Waals surface area contributed by atoms with Crippen LogP contribution in [0.25, 0.3) is 6.08 Å². The number of carboxylic acid groups (broad SMARTS) is 1. The van der Waals surface area contributed by atoms with E-state index in [2.05, 4.69) is 0 Å². The van der Waals surface area contributed by atoms with Crippen LogP contribution >= 0.6 is 0 Å². The fourth-order valence-electron chi connectivity index (χ4n) is 2.03. The number of hydrogen-bond acceptors (Lipinski definition) is 2. The summed E-state index contributed by atoms with van der Waals surface area (Å²) in [4.78, 5) is 25.7. The van der Waals surface area contributed by atoms with E-state index in [1.54, 1.807) is 22.9 Å². The van der Waals surface area contributed by atoms with Gasteiger partial charge in [0.1, 0.15) is 0 Å². The number of urea groups is 1. The highest BCUT2D eigenvalue weighted by molar-refractivity contribution is 5.85. The molecule has 0 atom stereocenters. The Hall–Kier alpha value is -2.30. The fourth-order valence-corrected chi connectivity index (χ4v) is 2.03. The molecule has 2 rings (SSSR count). The Labute approximate surface area is 111 Å². The minimum absolute atomic E-state index is 0.0338. The Morgan fingerprint density at radius 1 is 1.42 bits per heavy atom. The summed E-state index contributed by atoms with van der Waals surface area (Å²) in [7, 11) is 1.79. The maximum atomic E-state index is 11.8. The van der Waals surface area contributed by atoms with Gasteiger partial charge in [0.25, 0.3) is 0 Å². The van der Waals surface area contributed by atoms with Gasteiger partial charge in [-0.2, -0.15) is 0 Å². The summed E-state index contributed by atoms with van der Waals surface area (Å²) in [5, 5.41) is 8.59. The van der Waals surface area contributed by atoms with E-state index in [4.69, 9.17) is 5.11 Å². The molecule has 100 valence electrons. The van der Waals surface area contributed by atoms with Gasteiger partial charge in [-0.25, -0.2) is 9.59 Å². The summed E-state index contributed by atoms with van der Waals surface area (Å²) in [6.07, 6.45) is 2.65. The lowest BCUT2D eigenvalue weighted by molar-refractivity contribution is -0.131. The molecule has 1 aliphatic heterocycles. The van der Waals surface area contributed by atoms with E-state index in [0.717, 1.165) is 30.3 Å². The first kappa shape index (κ1) is 13.1. The summed E-state index contributed by atoms with van der Waals surface area (Å²) < 4.78 is 0. The van der Waals surface area contributed by atoms with Crippen LogP contribution in [-0.2, 0) is 11.3 Å². The number of carbonyl (C=O) groups excluding carboxylic acids is 1. The van der Waals surface area contributed by atoms with Crippen LogP contribution < -0.4 is 0 Å². The summed E-state index contributed by atoms with van der Waals surface area (Å²) >= 11 is 0. The summed E-state index contributed by atoms with van der Waals surface area (Å²) in [6.45, 7) is 2.03. The Morgan fingerprint density at radius 2 is 2.21 bits per heavy atom. The third kappa shape index (κ3) is 3.34. The molecule has 0 aliphatic carbocycles. The Balaban J connectivity index is 2.07. The molecule has 0 aromatic heterocycles. The minimum atomic E-state index is -0.971. The van der Waals surface area contributed by atoms with Crippen LogP contribution in [0, 0.1) is 0 Å². The topological polar surface area (TPSA) is 60.9 Å². The SMILES string of the molecule is CN1CCN(Cc2cccc(C=CC(=O)O)c2)C1=O. The zero-order valence-corrected chi connectivity index (χ0v) is 10.7. The number of hydrogen-bond donors (Lipinski definition) is 1. The number of carboxylic acids is 1. The summed E-state index contributed by atoms with van der Waals surface area (Å²) in [6, 6.07) is 7.56. The highest BCUT2D eigenvalue weighted by atomic mass is 16.4. The molecule has 0 bridgehead atoms. The molecule has 19 heavy (non-hydrogen) atoms. The van der Waals surface area contributed by atoms with Gasteiger partial charge >= 0.3 is 12.0 Å². The average Bonchev–Trinajstić information content (AvgIpc) is 2.69. The second-order valence-corrected chi connectivity index (χ2v) is 4.54. The van der Waals surface area contributed by atoms with Gasteiger partial charge < -0.3 is 14.9 Å². The highest BCUT2D eigenvalue weighted by Gasteiger charge is 2.24. The average molecular weight is 260 g/mol. The minimum Gasteiger partial charge on any atom is -0.478 e. The largest absolute Gasteiger partial charge is 0.478 e. The predicted molar refractivity (Wildman–Crippen MR) is 71.5 cm³/mol. The zero-order valence-electron chi connectivity index (χ0n) is 10.7. The molecule has 1 N–H and O–H groups in total. The fraction of sp³-hybridized carbons (Fsp3) is 0.286. The number of amides is 2. The van der Waals surface area contributed by atoms with Gasteiger partial charge in [-0.3, -0.25) is 0 Å². The van der Waals surface area contributed by atoms with Crippen molar-refractivity contribution in [1.29, 1.82) is 0 Å². The van der Waals surface area contributed by atoms with E-state index >= 15 is 0 Å². The summed E-state index contributed by atoms with van der Waals surface area (Å²) in [5.74, 6) is -0.971. The third-order valence-electron chi connectivity index (χ3n) is 3.05. The number of benzene rings is 1. The van der Waals surface area contributed by atoms with Crippen LogP contribution in [0.2, 0.25) is 0 Å². The number of aliphatic carboxylic acids is 1. The predicted octanol–water partition coefficient (Wildman–Crippen LogP) is 1.65. The standard InChI is InChI=1S/C14H16N2O3/c1-15-7-8-16(14(15)19)10-12-4-2-3-11(9-12)5-6-13(17)18/h2-6,9H,7-8,10H2,1H3,(H,17,18). The zero-order chi connectivity index (χ0) is 13.8. The van der Waals surface area contributed by atoms with E-state index in [1.807, 2.05) is 24.3 Å². The first-order valence-corrected chi connectivity index (χ1v) is 6.06. The van der Waals surface area contributed by atoms with Gasteiger partial charge in [0.15, 0.2) is 0 Å². The molecule has 1 saturated heterocycles. The molecule has 1 fully saturated rings.